The van der Waals surface area contributed by atoms with Crippen molar-refractivity contribution in [2.24, 2.45) is 5.41 Å². The predicted molar refractivity (Wildman–Crippen MR) is 151 cm³/mol. The van der Waals surface area contributed by atoms with Gasteiger partial charge in [-0.2, -0.15) is 0 Å². The molecule has 1 fully saturated rings. The lowest BCUT2D eigenvalue weighted by Crippen LogP contribution is -2.50. The third-order valence-corrected chi connectivity index (χ3v) is 8.37. The van der Waals surface area contributed by atoms with Gasteiger partial charge in [0.15, 0.2) is 0 Å². The summed E-state index contributed by atoms with van der Waals surface area (Å²) in [6.07, 6.45) is 12.0. The highest BCUT2D eigenvalue weighted by molar-refractivity contribution is 5.97. The third kappa shape index (κ3) is 5.54. The number of hydrogen-bond donors (Lipinski definition) is 1. The van der Waals surface area contributed by atoms with Crippen LogP contribution >= 0.6 is 0 Å². The number of fused-ring (bicyclic) bond motifs is 2. The number of carbonyl (C=O) groups excluding carboxylic acids is 2. The zero-order chi connectivity index (χ0) is 27.4. The molecule has 0 unspecified atom stereocenters. The number of carbonyl (C=O) groups is 2. The Hall–Kier alpha value is -4.27. The summed E-state index contributed by atoms with van der Waals surface area (Å²) < 4.78 is 6.18. The van der Waals surface area contributed by atoms with E-state index in [2.05, 4.69) is 32.1 Å². The number of likely N-dealkylation sites (tertiary alicyclic amines) is 1. The fraction of sp³-hybridized carbons (Fsp3) is 0.387. The van der Waals surface area contributed by atoms with Crippen molar-refractivity contribution in [1.29, 1.82) is 0 Å². The molecule has 2 aliphatic rings. The number of piperidine rings is 1. The molecule has 0 atom stereocenters. The summed E-state index contributed by atoms with van der Waals surface area (Å²) in [5.74, 6) is 0.801. The number of nitrogens with zero attached hydrogens (tertiary/aromatic N) is 5. The molecule has 0 aliphatic carbocycles. The lowest BCUT2D eigenvalue weighted by atomic mass is 9.73. The number of nitrogens with one attached hydrogen (secondary N) is 1. The van der Waals surface area contributed by atoms with Gasteiger partial charge in [0.2, 0.25) is 0 Å². The van der Waals surface area contributed by atoms with Crippen molar-refractivity contribution >= 4 is 22.8 Å². The smallest absolute Gasteiger partial charge is 0.274 e. The van der Waals surface area contributed by atoms with Crippen LogP contribution in [0.1, 0.15) is 58.5 Å². The number of aromatic amines is 1. The quantitative estimate of drug-likeness (QED) is 0.402. The van der Waals surface area contributed by atoms with Gasteiger partial charge in [-0.05, 0) is 67.3 Å². The zero-order valence-electron chi connectivity index (χ0n) is 22.6. The van der Waals surface area contributed by atoms with Gasteiger partial charge in [0, 0.05) is 37.6 Å². The molecule has 206 valence electrons. The lowest BCUT2D eigenvalue weighted by Gasteiger charge is -2.45. The van der Waals surface area contributed by atoms with Crippen LogP contribution in [0.3, 0.4) is 0 Å². The number of ether oxygens (including phenoxy) is 1. The average Bonchev–Trinajstić information content (AvgIpc) is 3.47. The van der Waals surface area contributed by atoms with Gasteiger partial charge in [-0.25, -0.2) is 9.97 Å². The number of benzene rings is 2. The minimum absolute atomic E-state index is 0.0389. The molecular formula is C31H34N6O3. The summed E-state index contributed by atoms with van der Waals surface area (Å²) in [6, 6.07) is 13.8. The Labute approximate surface area is 233 Å². The van der Waals surface area contributed by atoms with E-state index in [0.717, 1.165) is 55.3 Å². The number of amides is 2. The van der Waals surface area contributed by atoms with E-state index in [0.29, 0.717) is 44.0 Å². The van der Waals surface area contributed by atoms with Crippen molar-refractivity contribution in [3.05, 3.63) is 84.2 Å². The molecule has 2 aromatic heterocycles. The molecule has 1 spiro atoms. The first-order valence-corrected chi connectivity index (χ1v) is 14.1. The molecule has 9 nitrogen and oxygen atoms in total. The van der Waals surface area contributed by atoms with E-state index in [1.54, 1.807) is 18.7 Å². The Kier molecular flexibility index (Phi) is 7.44. The summed E-state index contributed by atoms with van der Waals surface area (Å²) in [4.78, 5) is 46.6. The van der Waals surface area contributed by atoms with Crippen LogP contribution in [0.5, 0.6) is 5.75 Å². The minimum atomic E-state index is -0.132. The van der Waals surface area contributed by atoms with Crippen molar-refractivity contribution in [1.82, 2.24) is 29.7 Å². The van der Waals surface area contributed by atoms with Crippen LogP contribution in [0.15, 0.2) is 67.4 Å². The molecule has 6 rings (SSSR count). The Morgan fingerprint density at radius 3 is 2.62 bits per heavy atom. The molecule has 0 bridgehead atoms. The van der Waals surface area contributed by atoms with Crippen molar-refractivity contribution in [3.63, 3.8) is 0 Å². The second-order valence-corrected chi connectivity index (χ2v) is 10.9. The summed E-state index contributed by atoms with van der Waals surface area (Å²) >= 11 is 0. The second kappa shape index (κ2) is 11.5. The SMILES string of the molecule is O=C(c1ccc2nc[nH]c2c1)N1CCC2(CCCCc3ccccc3OCCN(C(=O)c3cnccn3)C2)CC1. The van der Waals surface area contributed by atoms with Gasteiger partial charge >= 0.3 is 0 Å². The van der Waals surface area contributed by atoms with Gasteiger partial charge in [0.25, 0.3) is 11.8 Å². The summed E-state index contributed by atoms with van der Waals surface area (Å²) in [5, 5.41) is 0. The van der Waals surface area contributed by atoms with Crippen LogP contribution in [0.4, 0.5) is 0 Å². The molecule has 1 saturated heterocycles. The fourth-order valence-corrected chi connectivity index (χ4v) is 6.08. The van der Waals surface area contributed by atoms with E-state index < -0.39 is 0 Å². The van der Waals surface area contributed by atoms with Crippen LogP contribution in [0.25, 0.3) is 11.0 Å². The molecule has 9 heteroatoms. The summed E-state index contributed by atoms with van der Waals surface area (Å²) in [6.45, 7) is 2.78. The van der Waals surface area contributed by atoms with Crippen LogP contribution in [-0.4, -0.2) is 74.3 Å². The molecule has 0 saturated carbocycles. The van der Waals surface area contributed by atoms with E-state index >= 15 is 0 Å². The minimum Gasteiger partial charge on any atom is -0.491 e. The highest BCUT2D eigenvalue weighted by atomic mass is 16.5. The van der Waals surface area contributed by atoms with Crippen LogP contribution in [-0.2, 0) is 6.42 Å². The van der Waals surface area contributed by atoms with E-state index in [4.69, 9.17) is 4.74 Å². The maximum absolute atomic E-state index is 13.6. The molecule has 4 aromatic rings. The maximum Gasteiger partial charge on any atom is 0.274 e. The molecular weight excluding hydrogens is 504 g/mol. The number of para-hydroxylation sites is 1. The van der Waals surface area contributed by atoms with Crippen LogP contribution in [0.2, 0.25) is 0 Å². The number of aryl methyl sites for hydroxylation is 1. The molecule has 0 radical (unpaired) electrons. The van der Waals surface area contributed by atoms with Crippen molar-refractivity contribution in [3.8, 4) is 5.75 Å². The van der Waals surface area contributed by atoms with Crippen molar-refractivity contribution < 1.29 is 14.3 Å². The van der Waals surface area contributed by atoms with Crippen LogP contribution < -0.4 is 4.74 Å². The number of H-pyrrole nitrogens is 1. The topological polar surface area (TPSA) is 104 Å². The van der Waals surface area contributed by atoms with Crippen molar-refractivity contribution in [2.75, 3.05) is 32.8 Å². The Balaban J connectivity index is 1.22. The third-order valence-electron chi connectivity index (χ3n) is 8.37. The van der Waals surface area contributed by atoms with Gasteiger partial charge in [-0.15, -0.1) is 0 Å². The van der Waals surface area contributed by atoms with Gasteiger partial charge in [-0.3, -0.25) is 14.6 Å². The molecule has 2 aliphatic heterocycles. The number of rotatable bonds is 2. The molecule has 2 aromatic carbocycles. The monoisotopic (exact) mass is 538 g/mol. The Morgan fingerprint density at radius 1 is 0.900 bits per heavy atom. The number of hydrogen-bond acceptors (Lipinski definition) is 6. The highest BCUT2D eigenvalue weighted by Gasteiger charge is 2.38. The normalized spacial score (nSPS) is 17.9. The molecule has 2 amide bonds. The maximum atomic E-state index is 13.6. The predicted octanol–water partition coefficient (Wildman–Crippen LogP) is 4.52. The standard InChI is InChI=1S/C31H34N6O3/c38-29(24-8-9-25-26(19-24)35-22-34-25)36-15-11-31(12-16-36)10-4-3-6-23-5-1-2-7-28(23)40-18-17-37(21-31)30(39)27-20-32-13-14-33-27/h1-2,5,7-9,13-14,19-20,22H,3-4,6,10-12,15-18,21H2,(H,34,35). The van der Waals surface area contributed by atoms with Gasteiger partial charge < -0.3 is 19.5 Å². The Morgan fingerprint density at radius 2 is 1.77 bits per heavy atom. The van der Waals surface area contributed by atoms with E-state index in [9.17, 15) is 9.59 Å². The first kappa shape index (κ1) is 26.0. The van der Waals surface area contributed by atoms with E-state index in [1.807, 2.05) is 40.1 Å². The Bertz CT molecular complexity index is 1480. The number of imidazole rings is 1. The largest absolute Gasteiger partial charge is 0.491 e. The molecule has 1 N–H and O–H groups in total. The first-order chi connectivity index (χ1) is 19.6. The zero-order valence-corrected chi connectivity index (χ0v) is 22.6. The lowest BCUT2D eigenvalue weighted by molar-refractivity contribution is 0.0325. The fourth-order valence-electron chi connectivity index (χ4n) is 6.08. The first-order valence-electron chi connectivity index (χ1n) is 14.1. The molecule has 4 heterocycles. The van der Waals surface area contributed by atoms with Gasteiger partial charge in [0.05, 0.1) is 30.1 Å². The highest BCUT2D eigenvalue weighted by Crippen LogP contribution is 2.39. The van der Waals surface area contributed by atoms with Crippen LogP contribution in [0, 0.1) is 5.41 Å². The molecule has 40 heavy (non-hydrogen) atoms. The van der Waals surface area contributed by atoms with Gasteiger partial charge in [-0.1, -0.05) is 24.6 Å². The summed E-state index contributed by atoms with van der Waals surface area (Å²) in [5.41, 5.74) is 3.84. The average molecular weight is 539 g/mol. The van der Waals surface area contributed by atoms with E-state index in [-0.39, 0.29) is 17.2 Å². The summed E-state index contributed by atoms with van der Waals surface area (Å²) in [7, 11) is 0. The van der Waals surface area contributed by atoms with Gasteiger partial charge in [0.1, 0.15) is 18.1 Å². The van der Waals surface area contributed by atoms with Crippen molar-refractivity contribution in [2.45, 2.75) is 38.5 Å². The number of aromatic nitrogens is 4. The second-order valence-electron chi connectivity index (χ2n) is 10.9. The van der Waals surface area contributed by atoms with E-state index in [1.165, 1.54) is 11.8 Å².